The Balaban J connectivity index is 2.08. The van der Waals surface area contributed by atoms with Crippen molar-refractivity contribution in [2.24, 2.45) is 0 Å². The zero-order valence-electron chi connectivity index (χ0n) is 12.2. The third-order valence-corrected chi connectivity index (χ3v) is 2.79. The van der Waals surface area contributed by atoms with E-state index in [0.717, 1.165) is 6.54 Å². The molecule has 0 aliphatic carbocycles. The number of aliphatic hydroxyl groups is 1. The molecule has 0 radical (unpaired) electrons. The quantitative estimate of drug-likeness (QED) is 0.875. The predicted octanol–water partition coefficient (Wildman–Crippen LogP) is 2.15. The van der Waals surface area contributed by atoms with E-state index in [2.05, 4.69) is 27.2 Å². The van der Waals surface area contributed by atoms with Gasteiger partial charge in [-0.3, -0.25) is 4.90 Å². The SMILES string of the molecule is Cc1nc(CN(Cc2ccccc2)CC(C)(C)O)no1. The molecule has 0 aliphatic rings. The molecule has 0 saturated heterocycles. The van der Waals surface area contributed by atoms with Gasteiger partial charge in [0.05, 0.1) is 12.1 Å². The minimum Gasteiger partial charge on any atom is -0.389 e. The Kier molecular flexibility index (Phi) is 4.52. The van der Waals surface area contributed by atoms with Crippen molar-refractivity contribution < 1.29 is 9.63 Å². The number of nitrogens with zero attached hydrogens (tertiary/aromatic N) is 3. The second kappa shape index (κ2) is 6.15. The molecule has 2 rings (SSSR count). The molecular weight excluding hydrogens is 254 g/mol. The summed E-state index contributed by atoms with van der Waals surface area (Å²) < 4.78 is 5.00. The van der Waals surface area contributed by atoms with Crippen LogP contribution in [0.5, 0.6) is 0 Å². The Morgan fingerprint density at radius 3 is 2.45 bits per heavy atom. The lowest BCUT2D eigenvalue weighted by atomic mass is 10.1. The molecular formula is C15H21N3O2. The summed E-state index contributed by atoms with van der Waals surface area (Å²) in [6.07, 6.45) is 0. The van der Waals surface area contributed by atoms with Crippen LogP contribution in [0.1, 0.15) is 31.1 Å². The number of hydrogen-bond acceptors (Lipinski definition) is 5. The normalized spacial score (nSPS) is 12.1. The molecule has 108 valence electrons. The lowest BCUT2D eigenvalue weighted by Crippen LogP contribution is -2.38. The van der Waals surface area contributed by atoms with Crippen LogP contribution in [0.3, 0.4) is 0 Å². The summed E-state index contributed by atoms with van der Waals surface area (Å²) in [5, 5.41) is 14.0. The second-order valence-electron chi connectivity index (χ2n) is 5.67. The highest BCUT2D eigenvalue weighted by Crippen LogP contribution is 2.13. The Bertz CT molecular complexity index is 532. The van der Waals surface area contributed by atoms with Crippen LogP contribution in [0.15, 0.2) is 34.9 Å². The van der Waals surface area contributed by atoms with Crippen LogP contribution in [0.25, 0.3) is 0 Å². The minimum atomic E-state index is -0.770. The molecule has 0 atom stereocenters. The summed E-state index contributed by atoms with van der Waals surface area (Å²) in [5.41, 5.74) is 0.421. The highest BCUT2D eigenvalue weighted by molar-refractivity contribution is 5.14. The van der Waals surface area contributed by atoms with E-state index in [1.807, 2.05) is 18.2 Å². The number of hydrogen-bond donors (Lipinski definition) is 1. The summed E-state index contributed by atoms with van der Waals surface area (Å²) in [7, 11) is 0. The van der Waals surface area contributed by atoms with E-state index in [1.54, 1.807) is 20.8 Å². The fourth-order valence-corrected chi connectivity index (χ4v) is 2.16. The molecule has 20 heavy (non-hydrogen) atoms. The highest BCUT2D eigenvalue weighted by atomic mass is 16.5. The topological polar surface area (TPSA) is 62.4 Å². The van der Waals surface area contributed by atoms with Gasteiger partial charge in [0.15, 0.2) is 5.82 Å². The van der Waals surface area contributed by atoms with E-state index in [9.17, 15) is 5.11 Å². The first-order valence-electron chi connectivity index (χ1n) is 6.70. The lowest BCUT2D eigenvalue weighted by Gasteiger charge is -2.28. The van der Waals surface area contributed by atoms with Gasteiger partial charge in [0.2, 0.25) is 5.89 Å². The van der Waals surface area contributed by atoms with Crippen molar-refractivity contribution in [3.63, 3.8) is 0 Å². The molecule has 0 fully saturated rings. The minimum absolute atomic E-state index is 0.537. The van der Waals surface area contributed by atoms with Gasteiger partial charge in [-0.25, -0.2) is 0 Å². The fourth-order valence-electron chi connectivity index (χ4n) is 2.16. The van der Waals surface area contributed by atoms with Crippen molar-refractivity contribution in [3.8, 4) is 0 Å². The number of rotatable bonds is 6. The Morgan fingerprint density at radius 1 is 1.20 bits per heavy atom. The van der Waals surface area contributed by atoms with Crippen LogP contribution in [0.4, 0.5) is 0 Å². The largest absolute Gasteiger partial charge is 0.389 e. The van der Waals surface area contributed by atoms with E-state index in [4.69, 9.17) is 4.52 Å². The van der Waals surface area contributed by atoms with Crippen molar-refractivity contribution in [2.75, 3.05) is 6.54 Å². The van der Waals surface area contributed by atoms with E-state index >= 15 is 0 Å². The van der Waals surface area contributed by atoms with Crippen LogP contribution >= 0.6 is 0 Å². The molecule has 1 aromatic heterocycles. The molecule has 1 N–H and O–H groups in total. The van der Waals surface area contributed by atoms with Crippen LogP contribution in [0, 0.1) is 6.92 Å². The standard InChI is InChI=1S/C15H21N3O2/c1-12-16-14(17-20-12)10-18(11-15(2,3)19)9-13-7-5-4-6-8-13/h4-8,19H,9-11H2,1-3H3. The van der Waals surface area contributed by atoms with Crippen LogP contribution in [-0.2, 0) is 13.1 Å². The molecule has 0 saturated carbocycles. The highest BCUT2D eigenvalue weighted by Gasteiger charge is 2.20. The fraction of sp³-hybridized carbons (Fsp3) is 0.467. The van der Waals surface area contributed by atoms with Crippen LogP contribution in [0.2, 0.25) is 0 Å². The molecule has 0 spiro atoms. The van der Waals surface area contributed by atoms with Gasteiger partial charge in [-0.05, 0) is 19.4 Å². The monoisotopic (exact) mass is 275 g/mol. The molecule has 0 amide bonds. The number of benzene rings is 1. The third kappa shape index (κ3) is 4.75. The number of aryl methyl sites for hydroxylation is 1. The van der Waals surface area contributed by atoms with Crippen molar-refractivity contribution in [3.05, 3.63) is 47.6 Å². The average molecular weight is 275 g/mol. The maximum atomic E-state index is 10.0. The summed E-state index contributed by atoms with van der Waals surface area (Å²) in [6, 6.07) is 10.1. The first-order chi connectivity index (χ1) is 9.42. The van der Waals surface area contributed by atoms with Gasteiger partial charge in [-0.2, -0.15) is 4.98 Å². The van der Waals surface area contributed by atoms with Crippen molar-refractivity contribution in [1.29, 1.82) is 0 Å². The van der Waals surface area contributed by atoms with Gasteiger partial charge in [0, 0.05) is 20.0 Å². The lowest BCUT2D eigenvalue weighted by molar-refractivity contribution is 0.0296. The molecule has 0 unspecified atom stereocenters. The summed E-state index contributed by atoms with van der Waals surface area (Å²) in [6.45, 7) is 7.19. The molecule has 1 heterocycles. The average Bonchev–Trinajstić information content (AvgIpc) is 2.74. The molecule has 2 aromatic rings. The van der Waals surface area contributed by atoms with Crippen molar-refractivity contribution in [2.45, 2.75) is 39.5 Å². The van der Waals surface area contributed by atoms with E-state index < -0.39 is 5.60 Å². The first kappa shape index (κ1) is 14.7. The number of aromatic nitrogens is 2. The van der Waals surface area contributed by atoms with Gasteiger partial charge in [-0.15, -0.1) is 0 Å². The van der Waals surface area contributed by atoms with E-state index in [0.29, 0.717) is 24.8 Å². The van der Waals surface area contributed by atoms with Crippen LogP contribution < -0.4 is 0 Å². The maximum Gasteiger partial charge on any atom is 0.223 e. The van der Waals surface area contributed by atoms with Gasteiger partial charge in [0.1, 0.15) is 0 Å². The molecule has 5 nitrogen and oxygen atoms in total. The van der Waals surface area contributed by atoms with E-state index in [-0.39, 0.29) is 0 Å². The second-order valence-corrected chi connectivity index (χ2v) is 5.67. The molecule has 5 heteroatoms. The zero-order valence-corrected chi connectivity index (χ0v) is 12.2. The summed E-state index contributed by atoms with van der Waals surface area (Å²) >= 11 is 0. The van der Waals surface area contributed by atoms with Gasteiger partial charge in [0.25, 0.3) is 0 Å². The van der Waals surface area contributed by atoms with Gasteiger partial charge >= 0.3 is 0 Å². The molecule has 1 aromatic carbocycles. The third-order valence-electron chi connectivity index (χ3n) is 2.79. The zero-order chi connectivity index (χ0) is 14.6. The van der Waals surface area contributed by atoms with Gasteiger partial charge < -0.3 is 9.63 Å². The van der Waals surface area contributed by atoms with Crippen LogP contribution in [-0.4, -0.2) is 32.3 Å². The molecule has 0 bridgehead atoms. The maximum absolute atomic E-state index is 10.0. The molecule has 0 aliphatic heterocycles. The van der Waals surface area contributed by atoms with Gasteiger partial charge in [-0.1, -0.05) is 35.5 Å². The summed E-state index contributed by atoms with van der Waals surface area (Å²) in [4.78, 5) is 6.33. The van der Waals surface area contributed by atoms with Crippen molar-refractivity contribution >= 4 is 0 Å². The Labute approximate surface area is 119 Å². The van der Waals surface area contributed by atoms with Crippen molar-refractivity contribution in [1.82, 2.24) is 15.0 Å². The summed E-state index contributed by atoms with van der Waals surface area (Å²) in [5.74, 6) is 1.20. The smallest absolute Gasteiger partial charge is 0.223 e. The first-order valence-corrected chi connectivity index (χ1v) is 6.70. The predicted molar refractivity (Wildman–Crippen MR) is 75.9 cm³/mol. The Morgan fingerprint density at radius 2 is 1.90 bits per heavy atom. The Hall–Kier alpha value is -1.72. The van der Waals surface area contributed by atoms with E-state index in [1.165, 1.54) is 5.56 Å².